The van der Waals surface area contributed by atoms with Gasteiger partial charge in [0, 0.05) is 63.9 Å². The number of nitro benzene ring substituents is 1. The summed E-state index contributed by atoms with van der Waals surface area (Å²) in [4.78, 5) is 9.65. The van der Waals surface area contributed by atoms with Gasteiger partial charge in [0.25, 0.3) is 15.8 Å². The van der Waals surface area contributed by atoms with E-state index in [0.717, 1.165) is 23.6 Å². The summed E-state index contributed by atoms with van der Waals surface area (Å²) in [6, 6.07) is 14.2. The second kappa shape index (κ2) is 8.81. The third kappa shape index (κ3) is 4.29. The summed E-state index contributed by atoms with van der Waals surface area (Å²) in [5.41, 5.74) is -0.518. The molecule has 0 unspecified atom stereocenters. The molecular formula is C20H13N3NaO7S. The van der Waals surface area contributed by atoms with Gasteiger partial charge in [-0.2, -0.15) is 8.42 Å². The fraction of sp³-hybridized carbons (Fsp3) is 0. The van der Waals surface area contributed by atoms with Gasteiger partial charge in [-0.15, -0.1) is 10.2 Å². The van der Waals surface area contributed by atoms with Gasteiger partial charge in [0.2, 0.25) is 0 Å². The van der Waals surface area contributed by atoms with Gasteiger partial charge in [-0.05, 0) is 17.5 Å². The van der Waals surface area contributed by atoms with Crippen molar-refractivity contribution >= 4 is 78.3 Å². The zero-order valence-electron chi connectivity index (χ0n) is 16.5. The molecule has 0 spiro atoms. The Morgan fingerprint density at radius 3 is 2.28 bits per heavy atom. The first-order chi connectivity index (χ1) is 14.7. The van der Waals surface area contributed by atoms with E-state index in [1.54, 1.807) is 24.3 Å². The summed E-state index contributed by atoms with van der Waals surface area (Å²) in [5.74, 6) is -0.770. The quantitative estimate of drug-likeness (QED) is 0.131. The molecule has 0 aliphatic rings. The van der Waals surface area contributed by atoms with Crippen LogP contribution in [0.1, 0.15) is 0 Å². The van der Waals surface area contributed by atoms with Gasteiger partial charge in [-0.3, -0.25) is 14.7 Å². The second-order valence-electron chi connectivity index (χ2n) is 6.56. The van der Waals surface area contributed by atoms with Crippen molar-refractivity contribution in [3.63, 3.8) is 0 Å². The van der Waals surface area contributed by atoms with E-state index < -0.39 is 31.4 Å². The molecular weight excluding hydrogens is 449 g/mol. The topological polar surface area (TPSA) is 163 Å². The minimum atomic E-state index is -4.80. The second-order valence-corrected chi connectivity index (χ2v) is 7.95. The Morgan fingerprint density at radius 1 is 0.875 bits per heavy atom. The van der Waals surface area contributed by atoms with Crippen LogP contribution in [-0.2, 0) is 10.1 Å². The van der Waals surface area contributed by atoms with E-state index in [2.05, 4.69) is 10.2 Å². The predicted molar refractivity (Wildman–Crippen MR) is 118 cm³/mol. The van der Waals surface area contributed by atoms with E-state index in [1.807, 2.05) is 6.07 Å². The minimum absolute atomic E-state index is 0. The number of nitrogens with zero attached hydrogens (tertiary/aromatic N) is 3. The number of azo groups is 1. The van der Waals surface area contributed by atoms with Crippen molar-refractivity contribution in [1.29, 1.82) is 0 Å². The first kappa shape index (κ1) is 23.6. The number of non-ortho nitro benzene ring substituents is 1. The molecule has 0 aliphatic heterocycles. The summed E-state index contributed by atoms with van der Waals surface area (Å²) in [6.45, 7) is 0. The van der Waals surface area contributed by atoms with E-state index >= 15 is 0 Å². The zero-order chi connectivity index (χ0) is 22.3. The van der Waals surface area contributed by atoms with Crippen LogP contribution in [0.15, 0.2) is 75.8 Å². The van der Waals surface area contributed by atoms with Gasteiger partial charge < -0.3 is 10.2 Å². The summed E-state index contributed by atoms with van der Waals surface area (Å²) in [6.07, 6.45) is 0. The van der Waals surface area contributed by atoms with E-state index in [-0.39, 0.29) is 57.5 Å². The standard InChI is InChI=1S/C20H13N3O7S.Na/c24-17-10-18(31(28,29)30)15-9-12(23(26)27)6-7-14(15)19(17)22-21-16-8-5-11-3-1-2-4-13(11)20(16)25;/h1-10,24-25H,(H,28,29,30);. The van der Waals surface area contributed by atoms with Crippen LogP contribution in [0, 0.1) is 10.1 Å². The number of aromatic hydroxyl groups is 2. The number of hydrogen-bond donors (Lipinski definition) is 3. The van der Waals surface area contributed by atoms with Crippen molar-refractivity contribution in [2.45, 2.75) is 4.90 Å². The number of hydrogen-bond acceptors (Lipinski definition) is 8. The maximum absolute atomic E-state index is 11.7. The molecule has 157 valence electrons. The molecule has 10 nitrogen and oxygen atoms in total. The maximum atomic E-state index is 11.7. The molecule has 4 aromatic carbocycles. The summed E-state index contributed by atoms with van der Waals surface area (Å²) < 4.78 is 32.9. The number of benzene rings is 4. The molecule has 0 saturated carbocycles. The molecule has 0 amide bonds. The molecule has 4 aromatic rings. The van der Waals surface area contributed by atoms with Crippen LogP contribution in [0.3, 0.4) is 0 Å². The Labute approximate surface area is 203 Å². The molecule has 3 N–H and O–H groups in total. The van der Waals surface area contributed by atoms with Crippen LogP contribution in [0.2, 0.25) is 0 Å². The first-order valence-electron chi connectivity index (χ1n) is 8.71. The average molecular weight is 462 g/mol. The smallest absolute Gasteiger partial charge is 0.295 e. The Balaban J connectivity index is 0.00000289. The Morgan fingerprint density at radius 2 is 1.59 bits per heavy atom. The average Bonchev–Trinajstić information content (AvgIpc) is 2.73. The fourth-order valence-electron chi connectivity index (χ4n) is 3.21. The van der Waals surface area contributed by atoms with Crippen molar-refractivity contribution in [2.24, 2.45) is 10.2 Å². The van der Waals surface area contributed by atoms with Gasteiger partial charge in [-0.25, -0.2) is 0 Å². The Hall–Kier alpha value is -3.09. The Kier molecular flexibility index (Phi) is 6.49. The van der Waals surface area contributed by atoms with Gasteiger partial charge in [0.1, 0.15) is 22.0 Å². The number of rotatable bonds is 4. The van der Waals surface area contributed by atoms with E-state index in [4.69, 9.17) is 0 Å². The molecule has 0 saturated heterocycles. The summed E-state index contributed by atoms with van der Waals surface area (Å²) in [5, 5.41) is 40.9. The van der Waals surface area contributed by atoms with Crippen LogP contribution in [-0.4, -0.2) is 57.7 Å². The van der Waals surface area contributed by atoms with Crippen molar-refractivity contribution in [3.8, 4) is 11.5 Å². The predicted octanol–water partition coefficient (Wildman–Crippen LogP) is 4.59. The van der Waals surface area contributed by atoms with E-state index in [1.165, 1.54) is 12.1 Å². The van der Waals surface area contributed by atoms with Gasteiger partial charge in [-0.1, -0.05) is 30.3 Å². The molecule has 0 aromatic heterocycles. The van der Waals surface area contributed by atoms with E-state index in [9.17, 15) is 33.3 Å². The van der Waals surface area contributed by atoms with Crippen molar-refractivity contribution in [1.82, 2.24) is 0 Å². The van der Waals surface area contributed by atoms with Crippen LogP contribution >= 0.6 is 0 Å². The number of nitro groups is 1. The third-order valence-electron chi connectivity index (χ3n) is 4.66. The maximum Gasteiger partial charge on any atom is 0.295 e. The molecule has 0 aliphatic carbocycles. The number of phenols is 2. The number of phenolic OH excluding ortho intramolecular Hbond substituents is 2. The largest absolute Gasteiger partial charge is 0.506 e. The van der Waals surface area contributed by atoms with Crippen LogP contribution < -0.4 is 0 Å². The third-order valence-corrected chi connectivity index (χ3v) is 5.55. The SMILES string of the molecule is O=[N+]([O-])c1ccc2c(N=Nc3ccc4ccccc4c3O)c(O)cc(S(=O)(=O)O)c2c1.[Na]. The van der Waals surface area contributed by atoms with Gasteiger partial charge in [0.15, 0.2) is 5.75 Å². The molecule has 0 atom stereocenters. The first-order valence-corrected chi connectivity index (χ1v) is 10.1. The number of fused-ring (bicyclic) bond motifs is 2. The van der Waals surface area contributed by atoms with Gasteiger partial charge >= 0.3 is 0 Å². The molecule has 0 heterocycles. The molecule has 0 bridgehead atoms. The molecule has 0 fully saturated rings. The van der Waals surface area contributed by atoms with Crippen molar-refractivity contribution < 1.29 is 28.1 Å². The molecule has 4 rings (SSSR count). The Bertz CT molecular complexity index is 1520. The van der Waals surface area contributed by atoms with Crippen molar-refractivity contribution in [3.05, 3.63) is 70.8 Å². The minimum Gasteiger partial charge on any atom is -0.506 e. The summed E-state index contributed by atoms with van der Waals surface area (Å²) >= 11 is 0. The van der Waals surface area contributed by atoms with E-state index in [0.29, 0.717) is 5.39 Å². The molecule has 12 heteroatoms. The normalized spacial score (nSPS) is 11.7. The fourth-order valence-corrected chi connectivity index (χ4v) is 3.92. The van der Waals surface area contributed by atoms with Crippen LogP contribution in [0.25, 0.3) is 21.5 Å². The van der Waals surface area contributed by atoms with Gasteiger partial charge in [0.05, 0.1) is 4.92 Å². The van der Waals surface area contributed by atoms with Crippen LogP contribution in [0.5, 0.6) is 11.5 Å². The molecule has 1 radical (unpaired) electrons. The monoisotopic (exact) mass is 462 g/mol. The summed E-state index contributed by atoms with van der Waals surface area (Å²) in [7, 11) is -4.80. The molecule has 32 heavy (non-hydrogen) atoms. The van der Waals surface area contributed by atoms with Crippen molar-refractivity contribution in [2.75, 3.05) is 0 Å². The zero-order valence-corrected chi connectivity index (χ0v) is 19.3. The van der Waals surface area contributed by atoms with Crippen LogP contribution in [0.4, 0.5) is 17.1 Å².